The normalized spacial score (nSPS) is 12.5. The highest BCUT2D eigenvalue weighted by Crippen LogP contribution is 2.33. The number of aryl methyl sites for hydroxylation is 1. The van der Waals surface area contributed by atoms with E-state index < -0.39 is 6.10 Å². The van der Waals surface area contributed by atoms with Gasteiger partial charge in [-0.15, -0.1) is 0 Å². The lowest BCUT2D eigenvalue weighted by atomic mass is 10.0. The molecule has 1 atom stereocenters. The number of hydrogen-bond donors (Lipinski definition) is 1. The topological polar surface area (TPSA) is 29.5 Å². The third-order valence-corrected chi connectivity index (χ3v) is 3.49. The van der Waals surface area contributed by atoms with E-state index in [-0.39, 0.29) is 5.82 Å². The summed E-state index contributed by atoms with van der Waals surface area (Å²) < 4.78 is 19.5. The van der Waals surface area contributed by atoms with E-state index in [0.717, 1.165) is 0 Å². The average Bonchev–Trinajstić information content (AvgIpc) is 2.42. The van der Waals surface area contributed by atoms with Gasteiger partial charge in [0.15, 0.2) is 0 Å². The molecule has 0 unspecified atom stereocenters. The standard InChI is InChI=1S/C18H21FO2/c1-11(2)14-6-5-7-15(9-14)21-18-8-12(3)17(19)10-16(18)13(4)20/h5-11,13,20H,1-4H3/t13-/m0/s1. The van der Waals surface area contributed by atoms with E-state index in [1.165, 1.54) is 11.6 Å². The number of rotatable bonds is 4. The zero-order valence-corrected chi connectivity index (χ0v) is 12.9. The maximum absolute atomic E-state index is 13.7. The molecule has 0 aliphatic heterocycles. The molecule has 0 fully saturated rings. The van der Waals surface area contributed by atoms with E-state index in [0.29, 0.717) is 28.5 Å². The summed E-state index contributed by atoms with van der Waals surface area (Å²) >= 11 is 0. The van der Waals surface area contributed by atoms with Gasteiger partial charge in [-0.05, 0) is 55.2 Å². The first-order valence-corrected chi connectivity index (χ1v) is 7.14. The highest BCUT2D eigenvalue weighted by atomic mass is 19.1. The second-order valence-corrected chi connectivity index (χ2v) is 5.64. The average molecular weight is 288 g/mol. The molecule has 0 radical (unpaired) electrons. The van der Waals surface area contributed by atoms with Gasteiger partial charge < -0.3 is 9.84 Å². The molecule has 0 aliphatic rings. The largest absolute Gasteiger partial charge is 0.457 e. The second kappa shape index (κ2) is 6.27. The molecule has 112 valence electrons. The molecule has 2 nitrogen and oxygen atoms in total. The Hall–Kier alpha value is -1.87. The smallest absolute Gasteiger partial charge is 0.133 e. The number of aliphatic hydroxyl groups excluding tert-OH is 1. The van der Waals surface area contributed by atoms with Crippen LogP contribution >= 0.6 is 0 Å². The molecule has 3 heteroatoms. The number of hydrogen-bond acceptors (Lipinski definition) is 2. The van der Waals surface area contributed by atoms with Crippen LogP contribution in [0, 0.1) is 12.7 Å². The first-order chi connectivity index (χ1) is 9.88. The molecular weight excluding hydrogens is 267 g/mol. The molecule has 2 aromatic rings. The molecule has 0 saturated carbocycles. The van der Waals surface area contributed by atoms with E-state index >= 15 is 0 Å². The van der Waals surface area contributed by atoms with Gasteiger partial charge in [-0.25, -0.2) is 4.39 Å². The summed E-state index contributed by atoms with van der Waals surface area (Å²) in [5.74, 6) is 1.24. The third-order valence-electron chi connectivity index (χ3n) is 3.49. The minimum atomic E-state index is -0.789. The van der Waals surface area contributed by atoms with Crippen LogP contribution in [-0.4, -0.2) is 5.11 Å². The summed E-state index contributed by atoms with van der Waals surface area (Å²) in [5, 5.41) is 9.79. The second-order valence-electron chi connectivity index (χ2n) is 5.64. The van der Waals surface area contributed by atoms with Gasteiger partial charge in [-0.2, -0.15) is 0 Å². The van der Waals surface area contributed by atoms with Crippen LogP contribution in [0.2, 0.25) is 0 Å². The number of ether oxygens (including phenoxy) is 1. The predicted octanol–water partition coefficient (Wildman–Crippen LogP) is 5.10. The van der Waals surface area contributed by atoms with Crippen molar-refractivity contribution in [3.63, 3.8) is 0 Å². The van der Waals surface area contributed by atoms with E-state index in [9.17, 15) is 9.50 Å². The minimum absolute atomic E-state index is 0.339. The van der Waals surface area contributed by atoms with Crippen molar-refractivity contribution < 1.29 is 14.2 Å². The number of aliphatic hydroxyl groups is 1. The Morgan fingerprint density at radius 2 is 1.81 bits per heavy atom. The maximum Gasteiger partial charge on any atom is 0.133 e. The Balaban J connectivity index is 2.39. The zero-order valence-electron chi connectivity index (χ0n) is 12.9. The van der Waals surface area contributed by atoms with Crippen molar-refractivity contribution in [2.75, 3.05) is 0 Å². The van der Waals surface area contributed by atoms with Crippen LogP contribution in [0.5, 0.6) is 11.5 Å². The SMILES string of the molecule is Cc1cc(Oc2cccc(C(C)C)c2)c([C@H](C)O)cc1F. The Morgan fingerprint density at radius 3 is 2.43 bits per heavy atom. The monoisotopic (exact) mass is 288 g/mol. The Kier molecular flexibility index (Phi) is 4.63. The van der Waals surface area contributed by atoms with Crippen LogP contribution < -0.4 is 4.74 Å². The van der Waals surface area contributed by atoms with E-state index in [1.54, 1.807) is 19.9 Å². The van der Waals surface area contributed by atoms with Crippen molar-refractivity contribution in [3.05, 3.63) is 58.9 Å². The summed E-state index contributed by atoms with van der Waals surface area (Å²) in [7, 11) is 0. The molecular formula is C18H21FO2. The Bertz CT molecular complexity index is 633. The summed E-state index contributed by atoms with van der Waals surface area (Å²) in [6, 6.07) is 10.8. The molecule has 1 N–H and O–H groups in total. The summed E-state index contributed by atoms with van der Waals surface area (Å²) in [6.45, 7) is 7.50. The maximum atomic E-state index is 13.7. The van der Waals surface area contributed by atoms with Crippen LogP contribution in [0.1, 0.15) is 49.5 Å². The van der Waals surface area contributed by atoms with E-state index in [4.69, 9.17) is 4.74 Å². The van der Waals surface area contributed by atoms with Crippen molar-refractivity contribution >= 4 is 0 Å². The van der Waals surface area contributed by atoms with Crippen molar-refractivity contribution in [1.82, 2.24) is 0 Å². The van der Waals surface area contributed by atoms with Crippen LogP contribution in [-0.2, 0) is 0 Å². The fourth-order valence-corrected chi connectivity index (χ4v) is 2.15. The van der Waals surface area contributed by atoms with Gasteiger partial charge in [0, 0.05) is 5.56 Å². The molecule has 0 bridgehead atoms. The molecule has 21 heavy (non-hydrogen) atoms. The zero-order chi connectivity index (χ0) is 15.6. The number of halogens is 1. The first kappa shape index (κ1) is 15.5. The van der Waals surface area contributed by atoms with Crippen LogP contribution in [0.3, 0.4) is 0 Å². The van der Waals surface area contributed by atoms with Crippen molar-refractivity contribution in [3.8, 4) is 11.5 Å². The van der Waals surface area contributed by atoms with Gasteiger partial charge in [-0.1, -0.05) is 26.0 Å². The minimum Gasteiger partial charge on any atom is -0.457 e. The molecule has 0 heterocycles. The molecule has 0 amide bonds. The summed E-state index contributed by atoms with van der Waals surface area (Å²) in [4.78, 5) is 0. The van der Waals surface area contributed by atoms with Gasteiger partial charge >= 0.3 is 0 Å². The molecule has 0 aromatic heterocycles. The van der Waals surface area contributed by atoms with Crippen LogP contribution in [0.15, 0.2) is 36.4 Å². The van der Waals surface area contributed by atoms with Crippen LogP contribution in [0.25, 0.3) is 0 Å². The summed E-state index contributed by atoms with van der Waals surface area (Å²) in [5.41, 5.74) is 2.12. The lowest BCUT2D eigenvalue weighted by molar-refractivity contribution is 0.195. The molecule has 0 aliphatic carbocycles. The quantitative estimate of drug-likeness (QED) is 0.847. The van der Waals surface area contributed by atoms with Crippen molar-refractivity contribution in [2.45, 2.75) is 39.7 Å². The van der Waals surface area contributed by atoms with Crippen molar-refractivity contribution in [1.29, 1.82) is 0 Å². The molecule has 0 saturated heterocycles. The van der Waals surface area contributed by atoms with E-state index in [1.807, 2.05) is 24.3 Å². The predicted molar refractivity (Wildman–Crippen MR) is 82.4 cm³/mol. The van der Waals surface area contributed by atoms with Gasteiger partial charge in [0.25, 0.3) is 0 Å². The molecule has 0 spiro atoms. The van der Waals surface area contributed by atoms with E-state index in [2.05, 4.69) is 13.8 Å². The fourth-order valence-electron chi connectivity index (χ4n) is 2.15. The van der Waals surface area contributed by atoms with Gasteiger partial charge in [-0.3, -0.25) is 0 Å². The Labute approximate surface area is 125 Å². The fraction of sp³-hybridized carbons (Fsp3) is 0.333. The van der Waals surface area contributed by atoms with Crippen molar-refractivity contribution in [2.24, 2.45) is 0 Å². The lowest BCUT2D eigenvalue weighted by Gasteiger charge is -2.15. The summed E-state index contributed by atoms with van der Waals surface area (Å²) in [6.07, 6.45) is -0.789. The first-order valence-electron chi connectivity index (χ1n) is 7.14. The van der Waals surface area contributed by atoms with Crippen LogP contribution in [0.4, 0.5) is 4.39 Å². The number of benzene rings is 2. The van der Waals surface area contributed by atoms with Gasteiger partial charge in [0.2, 0.25) is 0 Å². The third kappa shape index (κ3) is 3.61. The highest BCUT2D eigenvalue weighted by molar-refractivity contribution is 5.43. The van der Waals surface area contributed by atoms with Gasteiger partial charge in [0.1, 0.15) is 17.3 Å². The highest BCUT2D eigenvalue weighted by Gasteiger charge is 2.14. The lowest BCUT2D eigenvalue weighted by Crippen LogP contribution is -1.99. The van der Waals surface area contributed by atoms with Gasteiger partial charge in [0.05, 0.1) is 6.10 Å². The molecule has 2 aromatic carbocycles. The Morgan fingerprint density at radius 1 is 1.10 bits per heavy atom. The molecule has 2 rings (SSSR count).